The number of methoxy groups -OCH3 is 2. The van der Waals surface area contributed by atoms with Crippen LogP contribution in [0.25, 0.3) is 0 Å². The van der Waals surface area contributed by atoms with E-state index in [0.29, 0.717) is 5.69 Å². The SMILES string of the molecule is COC(OC)C(C)Nc1cccc(F)c1C#N. The van der Waals surface area contributed by atoms with Crippen LogP contribution in [0.1, 0.15) is 12.5 Å². The zero-order valence-corrected chi connectivity index (χ0v) is 10.0. The third-order valence-electron chi connectivity index (χ3n) is 2.38. The second kappa shape index (κ2) is 6.18. The van der Waals surface area contributed by atoms with E-state index in [9.17, 15) is 4.39 Å². The number of nitriles is 1. The van der Waals surface area contributed by atoms with Crippen LogP contribution in [-0.4, -0.2) is 26.6 Å². The third-order valence-corrected chi connectivity index (χ3v) is 2.38. The number of ether oxygens (including phenoxy) is 2. The van der Waals surface area contributed by atoms with E-state index in [1.54, 1.807) is 12.1 Å². The van der Waals surface area contributed by atoms with Gasteiger partial charge < -0.3 is 14.8 Å². The predicted octanol–water partition coefficient (Wildman–Crippen LogP) is 2.12. The maximum Gasteiger partial charge on any atom is 0.176 e. The van der Waals surface area contributed by atoms with Gasteiger partial charge in [0.25, 0.3) is 0 Å². The summed E-state index contributed by atoms with van der Waals surface area (Å²) in [6.07, 6.45) is -0.468. The molecule has 4 nitrogen and oxygen atoms in total. The van der Waals surface area contributed by atoms with Gasteiger partial charge in [0.05, 0.1) is 11.7 Å². The van der Waals surface area contributed by atoms with Crippen molar-refractivity contribution in [2.24, 2.45) is 0 Å². The molecule has 0 spiro atoms. The molecule has 5 heteroatoms. The predicted molar refractivity (Wildman–Crippen MR) is 62.0 cm³/mol. The van der Waals surface area contributed by atoms with E-state index in [4.69, 9.17) is 14.7 Å². The second-order valence-corrected chi connectivity index (χ2v) is 3.55. The van der Waals surface area contributed by atoms with Crippen molar-refractivity contribution in [3.8, 4) is 6.07 Å². The molecule has 17 heavy (non-hydrogen) atoms. The lowest BCUT2D eigenvalue weighted by Crippen LogP contribution is -2.34. The Morgan fingerprint density at radius 1 is 1.35 bits per heavy atom. The molecule has 0 aliphatic rings. The number of hydrogen-bond donors (Lipinski definition) is 1. The highest BCUT2D eigenvalue weighted by Crippen LogP contribution is 2.19. The summed E-state index contributed by atoms with van der Waals surface area (Å²) in [7, 11) is 3.03. The molecule has 0 radical (unpaired) electrons. The lowest BCUT2D eigenvalue weighted by atomic mass is 10.1. The highest BCUT2D eigenvalue weighted by atomic mass is 19.1. The molecule has 1 atom stereocenters. The zero-order valence-electron chi connectivity index (χ0n) is 10.0. The minimum Gasteiger partial charge on any atom is -0.376 e. The summed E-state index contributed by atoms with van der Waals surface area (Å²) in [5.41, 5.74) is 0.421. The number of nitrogens with one attached hydrogen (secondary N) is 1. The van der Waals surface area contributed by atoms with Crippen molar-refractivity contribution in [3.63, 3.8) is 0 Å². The summed E-state index contributed by atoms with van der Waals surface area (Å²) in [5.74, 6) is -0.545. The smallest absolute Gasteiger partial charge is 0.176 e. The lowest BCUT2D eigenvalue weighted by Gasteiger charge is -2.23. The zero-order chi connectivity index (χ0) is 12.8. The second-order valence-electron chi connectivity index (χ2n) is 3.55. The minimum atomic E-state index is -0.545. The van der Waals surface area contributed by atoms with E-state index in [1.165, 1.54) is 20.3 Å². The van der Waals surface area contributed by atoms with Crippen LogP contribution in [0.2, 0.25) is 0 Å². The summed E-state index contributed by atoms with van der Waals surface area (Å²) in [6, 6.07) is 6.05. The first-order valence-electron chi connectivity index (χ1n) is 5.14. The van der Waals surface area contributed by atoms with Gasteiger partial charge in [-0.1, -0.05) is 6.07 Å². The third kappa shape index (κ3) is 3.16. The van der Waals surface area contributed by atoms with E-state index < -0.39 is 12.1 Å². The van der Waals surface area contributed by atoms with Crippen LogP contribution in [0.3, 0.4) is 0 Å². The Hall–Kier alpha value is -1.64. The fourth-order valence-corrected chi connectivity index (χ4v) is 1.58. The maximum atomic E-state index is 13.3. The van der Waals surface area contributed by atoms with Gasteiger partial charge >= 0.3 is 0 Å². The van der Waals surface area contributed by atoms with Gasteiger partial charge in [0.2, 0.25) is 0 Å². The summed E-state index contributed by atoms with van der Waals surface area (Å²) in [4.78, 5) is 0. The lowest BCUT2D eigenvalue weighted by molar-refractivity contribution is -0.109. The van der Waals surface area contributed by atoms with Crippen LogP contribution in [-0.2, 0) is 9.47 Å². The number of hydrogen-bond acceptors (Lipinski definition) is 4. The molecule has 1 unspecified atom stereocenters. The maximum absolute atomic E-state index is 13.3. The Bertz CT molecular complexity index is 413. The Kier molecular flexibility index (Phi) is 4.88. The average molecular weight is 238 g/mol. The first-order chi connectivity index (χ1) is 8.13. The topological polar surface area (TPSA) is 54.3 Å². The molecule has 1 rings (SSSR count). The van der Waals surface area contributed by atoms with Crippen LogP contribution in [0.5, 0.6) is 0 Å². The highest BCUT2D eigenvalue weighted by molar-refractivity contribution is 5.58. The van der Waals surface area contributed by atoms with Gasteiger partial charge in [-0.3, -0.25) is 0 Å². The van der Waals surface area contributed by atoms with Gasteiger partial charge in [-0.15, -0.1) is 0 Å². The molecule has 0 aliphatic heterocycles. The van der Waals surface area contributed by atoms with Crippen molar-refractivity contribution >= 4 is 5.69 Å². The molecule has 1 aromatic rings. The van der Waals surface area contributed by atoms with Gasteiger partial charge in [0, 0.05) is 14.2 Å². The molecule has 0 saturated carbocycles. The normalized spacial score (nSPS) is 12.2. The van der Waals surface area contributed by atoms with E-state index in [2.05, 4.69) is 5.32 Å². The average Bonchev–Trinajstić information content (AvgIpc) is 2.31. The molecule has 0 bridgehead atoms. The Balaban J connectivity index is 2.89. The molecule has 1 aromatic carbocycles. The van der Waals surface area contributed by atoms with Gasteiger partial charge in [0.15, 0.2) is 6.29 Å². The highest BCUT2D eigenvalue weighted by Gasteiger charge is 2.17. The molecule has 0 saturated heterocycles. The number of rotatable bonds is 5. The number of halogens is 1. The summed E-state index contributed by atoms with van der Waals surface area (Å²) in [6.45, 7) is 1.82. The van der Waals surface area contributed by atoms with Gasteiger partial charge in [-0.2, -0.15) is 5.26 Å². The molecule has 0 heterocycles. The van der Waals surface area contributed by atoms with Crippen LogP contribution in [0.4, 0.5) is 10.1 Å². The number of nitrogens with zero attached hydrogens (tertiary/aromatic N) is 1. The van der Waals surface area contributed by atoms with E-state index in [1.807, 2.05) is 13.0 Å². The summed E-state index contributed by atoms with van der Waals surface area (Å²) >= 11 is 0. The first kappa shape index (κ1) is 13.4. The van der Waals surface area contributed by atoms with Crippen LogP contribution in [0, 0.1) is 17.1 Å². The Morgan fingerprint density at radius 3 is 2.53 bits per heavy atom. The van der Waals surface area contributed by atoms with Crippen molar-refractivity contribution in [2.45, 2.75) is 19.3 Å². The number of benzene rings is 1. The standard InChI is InChI=1S/C12H15FN2O2/c1-8(12(16-2)17-3)15-11-6-4-5-10(13)9(11)7-14/h4-6,8,12,15H,1-3H3. The Morgan fingerprint density at radius 2 is 2.00 bits per heavy atom. The fraction of sp³-hybridized carbons (Fsp3) is 0.417. The van der Waals surface area contributed by atoms with Crippen LogP contribution < -0.4 is 5.32 Å². The van der Waals surface area contributed by atoms with Crippen LogP contribution >= 0.6 is 0 Å². The molecule has 0 aliphatic carbocycles. The van der Waals surface area contributed by atoms with E-state index in [-0.39, 0.29) is 11.6 Å². The van der Waals surface area contributed by atoms with Crippen molar-refractivity contribution in [1.29, 1.82) is 5.26 Å². The fourth-order valence-electron chi connectivity index (χ4n) is 1.58. The Labute approximate surface area is 100.0 Å². The van der Waals surface area contributed by atoms with Crippen molar-refractivity contribution in [1.82, 2.24) is 0 Å². The van der Waals surface area contributed by atoms with Gasteiger partial charge in [-0.25, -0.2) is 4.39 Å². The molecular formula is C12H15FN2O2. The summed E-state index contributed by atoms with van der Waals surface area (Å²) < 4.78 is 23.5. The monoisotopic (exact) mass is 238 g/mol. The molecule has 0 amide bonds. The largest absolute Gasteiger partial charge is 0.376 e. The van der Waals surface area contributed by atoms with Crippen LogP contribution in [0.15, 0.2) is 18.2 Å². The van der Waals surface area contributed by atoms with Crippen molar-refractivity contribution in [3.05, 3.63) is 29.6 Å². The first-order valence-corrected chi connectivity index (χ1v) is 5.14. The summed E-state index contributed by atoms with van der Waals surface area (Å²) in [5, 5.41) is 11.9. The van der Waals surface area contributed by atoms with E-state index >= 15 is 0 Å². The van der Waals surface area contributed by atoms with E-state index in [0.717, 1.165) is 0 Å². The molecule has 92 valence electrons. The van der Waals surface area contributed by atoms with Gasteiger partial charge in [0.1, 0.15) is 17.4 Å². The van der Waals surface area contributed by atoms with Gasteiger partial charge in [-0.05, 0) is 19.1 Å². The number of anilines is 1. The molecule has 1 N–H and O–H groups in total. The van der Waals surface area contributed by atoms with Crippen molar-refractivity contribution in [2.75, 3.05) is 19.5 Å². The minimum absolute atomic E-state index is 0.00898. The quantitative estimate of drug-likeness (QED) is 0.798. The molecule has 0 fully saturated rings. The molecule has 0 aromatic heterocycles. The molecular weight excluding hydrogens is 223 g/mol. The van der Waals surface area contributed by atoms with Crippen molar-refractivity contribution < 1.29 is 13.9 Å².